The van der Waals surface area contributed by atoms with Crippen LogP contribution in [0.3, 0.4) is 0 Å². The molecule has 8 nitrogen and oxygen atoms in total. The molecule has 0 fully saturated rings. The second-order valence-electron chi connectivity index (χ2n) is 19.6. The number of carbonyl (C=O) groups excluding carboxylic acids is 1. The molecule has 0 saturated carbocycles. The van der Waals surface area contributed by atoms with Crippen molar-refractivity contribution < 1.29 is 32.9 Å². The third kappa shape index (κ3) is 48.4. The first-order chi connectivity index (χ1) is 31.0. The number of allylic oxidation sites excluding steroid dienone is 7. The molecule has 0 saturated heterocycles. The fraction of sp³-hybridized carbons (Fsp3) is 0.836. The number of nitrogens with zero attached hydrogens (tertiary/aromatic N) is 1. The van der Waals surface area contributed by atoms with Crippen molar-refractivity contribution in [3.8, 4) is 0 Å². The van der Waals surface area contributed by atoms with E-state index in [1.807, 2.05) is 27.2 Å². The summed E-state index contributed by atoms with van der Waals surface area (Å²) in [5, 5.41) is 13.9. The van der Waals surface area contributed by atoms with Gasteiger partial charge in [-0.1, -0.05) is 217 Å². The molecule has 0 spiro atoms. The third-order valence-electron chi connectivity index (χ3n) is 12.0. The number of likely N-dealkylation sites (N-methyl/N-ethyl adjacent to an activating group) is 1. The van der Waals surface area contributed by atoms with E-state index in [1.54, 1.807) is 6.08 Å². The number of aliphatic hydroxyl groups is 1. The van der Waals surface area contributed by atoms with Gasteiger partial charge in [0.15, 0.2) is 0 Å². The standard InChI is InChI=1S/C55H105N2O6P/c1-6-8-10-12-14-16-18-20-22-24-25-26-27-28-29-30-31-33-35-37-39-41-43-45-47-49-55(59)56-53(52-63-64(60,61)62-51-50-57(3,4)5)54(58)48-46-44-42-40-38-36-34-32-23-21-19-17-15-13-11-9-7-2/h23-25,32,38,40,46,48,53-54,58H,6-22,26-31,33-37,39,41-45,47,49-52H2,1-5H3,(H-,56,59,60,61)/p+1/b25-24-,32-23+,40-38+,48-46+. The van der Waals surface area contributed by atoms with Crippen molar-refractivity contribution in [2.45, 2.75) is 257 Å². The minimum absolute atomic E-state index is 0.0533. The Bertz CT molecular complexity index is 1180. The first-order valence-corrected chi connectivity index (χ1v) is 28.5. The van der Waals surface area contributed by atoms with Crippen molar-refractivity contribution in [3.63, 3.8) is 0 Å². The Morgan fingerprint density at radius 3 is 1.25 bits per heavy atom. The van der Waals surface area contributed by atoms with Crippen molar-refractivity contribution in [2.24, 2.45) is 0 Å². The van der Waals surface area contributed by atoms with Gasteiger partial charge in [0.25, 0.3) is 0 Å². The number of nitrogens with one attached hydrogen (secondary N) is 1. The smallest absolute Gasteiger partial charge is 0.387 e. The van der Waals surface area contributed by atoms with Crippen LogP contribution in [0, 0.1) is 0 Å². The molecule has 1 amide bonds. The van der Waals surface area contributed by atoms with Crippen LogP contribution < -0.4 is 5.32 Å². The van der Waals surface area contributed by atoms with Crippen molar-refractivity contribution in [2.75, 3.05) is 40.9 Å². The number of amides is 1. The number of quaternary nitrogens is 1. The highest BCUT2D eigenvalue weighted by atomic mass is 31.2. The Kier molecular flexibility index (Phi) is 45.4. The van der Waals surface area contributed by atoms with Crippen LogP contribution in [0.15, 0.2) is 48.6 Å². The summed E-state index contributed by atoms with van der Waals surface area (Å²) in [6.07, 6.45) is 60.6. The zero-order valence-electron chi connectivity index (χ0n) is 42.8. The molecule has 0 radical (unpaired) electrons. The van der Waals surface area contributed by atoms with E-state index in [9.17, 15) is 19.4 Å². The normalized spacial score (nSPS) is 14.4. The lowest BCUT2D eigenvalue weighted by atomic mass is 10.0. The van der Waals surface area contributed by atoms with E-state index in [2.05, 4.69) is 55.6 Å². The van der Waals surface area contributed by atoms with E-state index < -0.39 is 20.0 Å². The lowest BCUT2D eigenvalue weighted by molar-refractivity contribution is -0.870. The minimum atomic E-state index is -4.36. The van der Waals surface area contributed by atoms with Crippen LogP contribution in [-0.2, 0) is 18.4 Å². The average Bonchev–Trinajstić information content (AvgIpc) is 3.25. The number of rotatable bonds is 49. The van der Waals surface area contributed by atoms with Gasteiger partial charge >= 0.3 is 7.82 Å². The lowest BCUT2D eigenvalue weighted by Gasteiger charge is -2.25. The molecule has 376 valence electrons. The van der Waals surface area contributed by atoms with E-state index in [0.717, 1.165) is 44.9 Å². The largest absolute Gasteiger partial charge is 0.472 e. The van der Waals surface area contributed by atoms with Crippen LogP contribution in [0.2, 0.25) is 0 Å². The Labute approximate surface area is 397 Å². The van der Waals surface area contributed by atoms with Crippen molar-refractivity contribution in [1.82, 2.24) is 5.32 Å². The first-order valence-electron chi connectivity index (χ1n) is 27.0. The van der Waals surface area contributed by atoms with Gasteiger partial charge < -0.3 is 19.8 Å². The van der Waals surface area contributed by atoms with E-state index in [0.29, 0.717) is 17.4 Å². The molecule has 0 heterocycles. The summed E-state index contributed by atoms with van der Waals surface area (Å²) in [6, 6.07) is -0.869. The molecule has 3 unspecified atom stereocenters. The van der Waals surface area contributed by atoms with Crippen molar-refractivity contribution in [1.29, 1.82) is 0 Å². The number of aliphatic hydroxyl groups excluding tert-OH is 1. The summed E-state index contributed by atoms with van der Waals surface area (Å²) in [5.74, 6) is -0.190. The molecule has 3 N–H and O–H groups in total. The van der Waals surface area contributed by atoms with Crippen molar-refractivity contribution in [3.05, 3.63) is 48.6 Å². The summed E-state index contributed by atoms with van der Waals surface area (Å²) in [5.41, 5.74) is 0. The van der Waals surface area contributed by atoms with Gasteiger partial charge in [-0.05, 0) is 70.6 Å². The lowest BCUT2D eigenvalue weighted by Crippen LogP contribution is -2.45. The fourth-order valence-electron chi connectivity index (χ4n) is 7.72. The summed E-state index contributed by atoms with van der Waals surface area (Å²) in [4.78, 5) is 23.2. The van der Waals surface area contributed by atoms with Gasteiger partial charge in [0, 0.05) is 6.42 Å². The van der Waals surface area contributed by atoms with Crippen LogP contribution in [0.25, 0.3) is 0 Å². The molecular weight excluding hydrogens is 816 g/mol. The van der Waals surface area contributed by atoms with Crippen LogP contribution >= 0.6 is 7.82 Å². The summed E-state index contributed by atoms with van der Waals surface area (Å²) < 4.78 is 23.6. The predicted molar refractivity (Wildman–Crippen MR) is 277 cm³/mol. The number of hydrogen-bond acceptors (Lipinski definition) is 5. The van der Waals surface area contributed by atoms with Gasteiger partial charge in [-0.15, -0.1) is 0 Å². The predicted octanol–water partition coefficient (Wildman–Crippen LogP) is 16.0. The van der Waals surface area contributed by atoms with Crippen LogP contribution in [-0.4, -0.2) is 73.4 Å². The quantitative estimate of drug-likeness (QED) is 0.0243. The van der Waals surface area contributed by atoms with Gasteiger partial charge in [-0.2, -0.15) is 0 Å². The SMILES string of the molecule is CCCCCCCCC/C=C/CC/C=C/CC/C=C/C(O)C(COP(=O)(O)OCC[N+](C)(C)C)NC(=O)CCCCCCCCCCCCCCC/C=C\CCCCCCCCCC. The van der Waals surface area contributed by atoms with Crippen LogP contribution in [0.5, 0.6) is 0 Å². The molecule has 0 aromatic rings. The highest BCUT2D eigenvalue weighted by Gasteiger charge is 2.27. The second kappa shape index (κ2) is 46.6. The summed E-state index contributed by atoms with van der Waals surface area (Å²) in [7, 11) is 1.55. The number of carbonyl (C=O) groups is 1. The Morgan fingerprint density at radius 2 is 0.859 bits per heavy atom. The Morgan fingerprint density at radius 1 is 0.516 bits per heavy atom. The molecule has 0 aromatic heterocycles. The van der Waals surface area contributed by atoms with E-state index in [1.165, 1.54) is 180 Å². The van der Waals surface area contributed by atoms with Gasteiger partial charge in [-0.3, -0.25) is 13.8 Å². The average molecular weight is 922 g/mol. The topological polar surface area (TPSA) is 105 Å². The van der Waals surface area contributed by atoms with E-state index in [-0.39, 0.29) is 19.1 Å². The molecule has 64 heavy (non-hydrogen) atoms. The Balaban J connectivity index is 4.27. The molecule has 0 aromatic carbocycles. The summed E-state index contributed by atoms with van der Waals surface area (Å²) >= 11 is 0. The van der Waals surface area contributed by atoms with E-state index >= 15 is 0 Å². The number of phosphoric acid groups is 1. The molecule has 0 aliphatic rings. The first kappa shape index (κ1) is 62.5. The van der Waals surface area contributed by atoms with Crippen molar-refractivity contribution >= 4 is 13.7 Å². The highest BCUT2D eigenvalue weighted by molar-refractivity contribution is 7.47. The summed E-state index contributed by atoms with van der Waals surface area (Å²) in [6.45, 7) is 4.79. The van der Waals surface area contributed by atoms with Gasteiger partial charge in [0.1, 0.15) is 13.2 Å². The fourth-order valence-corrected chi connectivity index (χ4v) is 8.45. The van der Waals surface area contributed by atoms with Crippen LogP contribution in [0.4, 0.5) is 0 Å². The second-order valence-corrected chi connectivity index (χ2v) is 21.0. The zero-order valence-corrected chi connectivity index (χ0v) is 43.7. The molecule has 0 bridgehead atoms. The zero-order chi connectivity index (χ0) is 47.1. The maximum atomic E-state index is 12.9. The number of unbranched alkanes of at least 4 members (excludes halogenated alkanes) is 30. The molecule has 3 atom stereocenters. The molecule has 0 rings (SSSR count). The minimum Gasteiger partial charge on any atom is -0.387 e. The molecule has 0 aliphatic carbocycles. The van der Waals surface area contributed by atoms with Crippen LogP contribution in [0.1, 0.15) is 245 Å². The Hall–Kier alpha value is -1.54. The monoisotopic (exact) mass is 922 g/mol. The van der Waals surface area contributed by atoms with Gasteiger partial charge in [-0.25, -0.2) is 4.57 Å². The molecule has 0 aliphatic heterocycles. The maximum Gasteiger partial charge on any atom is 0.472 e. The van der Waals surface area contributed by atoms with Gasteiger partial charge in [0.2, 0.25) is 5.91 Å². The highest BCUT2D eigenvalue weighted by Crippen LogP contribution is 2.43. The van der Waals surface area contributed by atoms with E-state index in [4.69, 9.17) is 9.05 Å². The molecule has 9 heteroatoms. The third-order valence-corrected chi connectivity index (χ3v) is 13.0. The maximum absolute atomic E-state index is 12.9. The number of hydrogen-bond donors (Lipinski definition) is 3. The number of phosphoric ester groups is 1. The molecular formula is C55H106N2O6P+. The van der Waals surface area contributed by atoms with Gasteiger partial charge in [0.05, 0.1) is 39.9 Å².